The van der Waals surface area contributed by atoms with Crippen LogP contribution in [0.2, 0.25) is 0 Å². The van der Waals surface area contributed by atoms with Crippen LogP contribution < -0.4 is 0 Å². The summed E-state index contributed by atoms with van der Waals surface area (Å²) in [5.41, 5.74) is 11.1. The Balaban J connectivity index is -0.000000266. The summed E-state index contributed by atoms with van der Waals surface area (Å²) >= 11 is 0. The van der Waals surface area contributed by atoms with Crippen LogP contribution >= 0.6 is 0 Å². The minimum absolute atomic E-state index is 0.403. The van der Waals surface area contributed by atoms with Crippen LogP contribution in [0.1, 0.15) is 683 Å². The summed E-state index contributed by atoms with van der Waals surface area (Å²) < 4.78 is 0. The molecule has 0 amide bonds. The molecule has 8 atom stereocenters. The third kappa shape index (κ3) is 78.1. The fourth-order valence-electron chi connectivity index (χ4n) is 21.3. The first-order valence-corrected chi connectivity index (χ1v) is 57.8. The summed E-state index contributed by atoms with van der Waals surface area (Å²) in [6.45, 7) is 163. The SMILES string of the molecule is CC(C)(C)CC(C)(C)C(C)(C)C.CC(C)(C)CC1(C(C)(C)C)CCCC1.CC(C)(C)CC1(C(C)(C)C)CCCC1.CC(C)(C)C[C@@H](C1CCCCC1)C(C)(C)C.CC(CC(C)(C)C)C(C)(C)C.CC(CC(C)(C)C)C(C)(C)C.CCCCC(CC(C)(C)C)C(C)(C)C.CCCC[C@@H](CC(C)(C)C)C(C)(C)C.CCCC[C@H](CC(C)(C)C)C(C)(C)C.C[C@H](C[C@@H](C)C(C)(C)C)C(C)(C)C. The summed E-state index contributed by atoms with van der Waals surface area (Å²) in [5.74, 6) is 7.77. The second kappa shape index (κ2) is 58.4. The third-order valence-corrected chi connectivity index (χ3v) is 32.6. The molecule has 0 N–H and O–H groups in total. The van der Waals surface area contributed by atoms with Crippen molar-refractivity contribution in [2.75, 3.05) is 0 Å². The molecule has 812 valence electrons. The number of hydrogen-bond acceptors (Lipinski definition) is 0. The van der Waals surface area contributed by atoms with Crippen LogP contribution in [0.25, 0.3) is 0 Å². The molecule has 3 aliphatic rings. The Hall–Kier alpha value is 0. The molecule has 0 aromatic carbocycles. The monoisotopic (exact) mass is 1880 g/mol. The molecule has 0 aliphatic heterocycles. The summed E-state index contributed by atoms with van der Waals surface area (Å²) in [6.07, 6.45) is 44.9. The highest BCUT2D eigenvalue weighted by atomic mass is 14.5. The van der Waals surface area contributed by atoms with Crippen molar-refractivity contribution in [3.05, 3.63) is 0 Å². The van der Waals surface area contributed by atoms with Gasteiger partial charge in [0.1, 0.15) is 0 Å². The lowest BCUT2D eigenvalue weighted by Crippen LogP contribution is -2.36. The Morgan fingerprint density at radius 1 is 0.226 bits per heavy atom. The van der Waals surface area contributed by atoms with Gasteiger partial charge in [-0.1, -0.05) is 574 Å². The van der Waals surface area contributed by atoms with Gasteiger partial charge in [-0.2, -0.15) is 0 Å². The molecule has 0 radical (unpaired) electrons. The second-order valence-corrected chi connectivity index (χ2v) is 69.7. The van der Waals surface area contributed by atoms with Crippen LogP contribution in [-0.4, -0.2) is 0 Å². The molecule has 0 heteroatoms. The standard InChI is InChI=1S/C16H32.2C14H28.3C14H30.C13H28.C12H26.2C11H24/c1-15(2,3)12-14(16(4,5)6)13-10-8-7-9-11-13;2*1-12(2,3)11-14(13(4,5)6)9-7-8-10-14;3*1-8-9-10-12(14(5,6)7)11-13(2,3)4;1-10(12(3,4)5)9-11(2)13(6,7)8;1-10(2,3)9-12(7,8)11(4,5)6;2*1-9(11(5,6)7)8-10(2,3)4/h13-14H,7-12H2,1-6H3;2*7-11H2,1-6H3;3*12H,8-11H2,1-7H3;10-11H,9H2,1-8H3;9H2,1-8H3;2*9H,8H2,1-7H3/t14-;;;2*12-;;10-,11-;;;/m0..10.1.../s1. The maximum absolute atomic E-state index is 2.44. The van der Waals surface area contributed by atoms with E-state index in [0.717, 1.165) is 53.3 Å². The highest BCUT2D eigenvalue weighted by Crippen LogP contribution is 2.59. The quantitative estimate of drug-likeness (QED) is 0.107. The number of unbranched alkanes of at least 4 members (excludes halogenated alkanes) is 3. The van der Waals surface area contributed by atoms with Crippen molar-refractivity contribution < 1.29 is 0 Å². The average Bonchev–Trinajstić information content (AvgIpc) is 1.71. The van der Waals surface area contributed by atoms with E-state index in [1.165, 1.54) is 205 Å². The van der Waals surface area contributed by atoms with Gasteiger partial charge in [0.25, 0.3) is 0 Å². The molecule has 3 unspecified atom stereocenters. The summed E-state index contributed by atoms with van der Waals surface area (Å²) in [7, 11) is 0. The molecular formula is C133H280. The van der Waals surface area contributed by atoms with Crippen molar-refractivity contribution in [3.63, 3.8) is 0 Å². The minimum atomic E-state index is 0.403. The summed E-state index contributed by atoms with van der Waals surface area (Å²) in [6, 6.07) is 0. The summed E-state index contributed by atoms with van der Waals surface area (Å²) in [5, 5.41) is 0. The van der Waals surface area contributed by atoms with Gasteiger partial charge in [-0.05, 0) is 287 Å². The van der Waals surface area contributed by atoms with E-state index in [4.69, 9.17) is 0 Å². The molecular weight excluding hydrogens is 1600 g/mol. The van der Waals surface area contributed by atoms with Gasteiger partial charge in [-0.15, -0.1) is 0 Å². The van der Waals surface area contributed by atoms with Gasteiger partial charge in [0.15, 0.2) is 0 Å². The third-order valence-electron chi connectivity index (χ3n) is 32.6. The minimum Gasteiger partial charge on any atom is -0.0654 e. The van der Waals surface area contributed by atoms with Crippen LogP contribution in [0.5, 0.6) is 0 Å². The lowest BCUT2D eigenvalue weighted by atomic mass is 9.59. The molecule has 0 spiro atoms. The van der Waals surface area contributed by atoms with Crippen molar-refractivity contribution in [1.29, 1.82) is 0 Å². The first kappa shape index (κ1) is 146. The molecule has 0 aromatic heterocycles. The van der Waals surface area contributed by atoms with E-state index in [9.17, 15) is 0 Å². The Kier molecular flexibility index (Phi) is 64.1. The van der Waals surface area contributed by atoms with Crippen molar-refractivity contribution in [3.8, 4) is 0 Å². The Bertz CT molecular complexity index is 2600. The first-order valence-electron chi connectivity index (χ1n) is 57.8. The predicted octanol–water partition coefficient (Wildman–Crippen LogP) is 49.0. The van der Waals surface area contributed by atoms with Crippen molar-refractivity contribution in [1.82, 2.24) is 0 Å². The molecule has 3 aliphatic carbocycles. The van der Waals surface area contributed by atoms with Gasteiger partial charge < -0.3 is 0 Å². The van der Waals surface area contributed by atoms with Crippen molar-refractivity contribution in [2.24, 2.45) is 178 Å². The zero-order valence-electron chi connectivity index (χ0n) is 108. The molecule has 3 rings (SSSR count). The van der Waals surface area contributed by atoms with Gasteiger partial charge in [-0.3, -0.25) is 0 Å². The highest BCUT2D eigenvalue weighted by molar-refractivity contribution is 4.99. The average molecular weight is 1880 g/mol. The fraction of sp³-hybridized carbons (Fsp3) is 1.00. The van der Waals surface area contributed by atoms with Crippen molar-refractivity contribution in [2.45, 2.75) is 683 Å². The van der Waals surface area contributed by atoms with Crippen molar-refractivity contribution >= 4 is 0 Å². The Morgan fingerprint density at radius 2 is 0.444 bits per heavy atom. The molecule has 3 fully saturated rings. The van der Waals surface area contributed by atoms with E-state index >= 15 is 0 Å². The number of rotatable bonds is 21. The molecule has 0 saturated heterocycles. The van der Waals surface area contributed by atoms with Gasteiger partial charge in [0.05, 0.1) is 0 Å². The largest absolute Gasteiger partial charge is 0.0654 e. The molecule has 3 saturated carbocycles. The lowest BCUT2D eigenvalue weighted by molar-refractivity contribution is 0.0419. The number of hydrogen-bond donors (Lipinski definition) is 0. The maximum atomic E-state index is 2.44. The van der Waals surface area contributed by atoms with Crippen LogP contribution in [0, 0.1) is 178 Å². The zero-order valence-corrected chi connectivity index (χ0v) is 108. The Labute approximate surface area is 855 Å². The smallest absolute Gasteiger partial charge is 0.0244 e. The molecule has 0 nitrogen and oxygen atoms in total. The van der Waals surface area contributed by atoms with Crippen LogP contribution in [0.15, 0.2) is 0 Å². The zero-order chi connectivity index (χ0) is 108. The Morgan fingerprint density at radius 3 is 0.579 bits per heavy atom. The summed E-state index contributed by atoms with van der Waals surface area (Å²) in [4.78, 5) is 0. The molecule has 133 heavy (non-hydrogen) atoms. The van der Waals surface area contributed by atoms with Gasteiger partial charge >= 0.3 is 0 Å². The lowest BCUT2D eigenvalue weighted by Gasteiger charge is -2.46. The molecule has 0 heterocycles. The van der Waals surface area contributed by atoms with Crippen LogP contribution in [0.4, 0.5) is 0 Å². The van der Waals surface area contributed by atoms with Gasteiger partial charge in [0.2, 0.25) is 0 Å². The topological polar surface area (TPSA) is 0 Å². The van der Waals surface area contributed by atoms with E-state index in [0.29, 0.717) is 125 Å². The molecule has 0 aromatic rings. The maximum Gasteiger partial charge on any atom is -0.0244 e. The normalized spacial score (nSPS) is 18.3. The molecule has 0 bridgehead atoms. The highest BCUT2D eigenvalue weighted by Gasteiger charge is 2.48. The second-order valence-electron chi connectivity index (χ2n) is 69.7. The fourth-order valence-corrected chi connectivity index (χ4v) is 21.3. The van der Waals surface area contributed by atoms with Crippen LogP contribution in [-0.2, 0) is 0 Å². The van der Waals surface area contributed by atoms with E-state index in [1.807, 2.05) is 0 Å². The van der Waals surface area contributed by atoms with E-state index in [1.54, 1.807) is 0 Å². The van der Waals surface area contributed by atoms with Crippen LogP contribution in [0.3, 0.4) is 0 Å². The van der Waals surface area contributed by atoms with E-state index < -0.39 is 0 Å². The van der Waals surface area contributed by atoms with E-state index in [-0.39, 0.29) is 0 Å². The predicted molar refractivity (Wildman–Crippen MR) is 627 cm³/mol. The van der Waals surface area contributed by atoms with Gasteiger partial charge in [-0.25, -0.2) is 0 Å². The van der Waals surface area contributed by atoms with E-state index in [2.05, 4.69) is 478 Å². The van der Waals surface area contributed by atoms with Gasteiger partial charge in [0, 0.05) is 0 Å². The first-order chi connectivity index (χ1) is 57.8.